The van der Waals surface area contributed by atoms with Crippen LogP contribution in [0.1, 0.15) is 38.8 Å². The minimum atomic E-state index is -0.932. The molecule has 27 heavy (non-hydrogen) atoms. The lowest BCUT2D eigenvalue weighted by atomic mass is 9.96. The molecule has 0 bridgehead atoms. The molecule has 0 saturated carbocycles. The summed E-state index contributed by atoms with van der Waals surface area (Å²) in [7, 11) is 0. The van der Waals surface area contributed by atoms with Crippen molar-refractivity contribution >= 4 is 17.3 Å². The van der Waals surface area contributed by atoms with E-state index in [9.17, 15) is 19.3 Å². The fourth-order valence-electron chi connectivity index (χ4n) is 2.96. The number of nitrogens with two attached hydrogens (primary N) is 1. The second-order valence-corrected chi connectivity index (χ2v) is 7.04. The van der Waals surface area contributed by atoms with Gasteiger partial charge in [0.1, 0.15) is 6.04 Å². The minimum absolute atomic E-state index is 0.120. The number of carbonyl (C=O) groups is 1. The predicted octanol–water partition coefficient (Wildman–Crippen LogP) is 3.41. The molecule has 0 heterocycles. The van der Waals surface area contributed by atoms with Gasteiger partial charge in [-0.2, -0.15) is 4.39 Å². The third kappa shape index (κ3) is 5.86. The number of halogens is 1. The van der Waals surface area contributed by atoms with E-state index in [2.05, 4.69) is 19.2 Å². The van der Waals surface area contributed by atoms with Crippen LogP contribution in [-0.2, 0) is 4.79 Å². The van der Waals surface area contributed by atoms with E-state index in [0.29, 0.717) is 5.92 Å². The number of anilines is 1. The molecule has 0 aliphatic rings. The molecule has 2 aromatic rings. The molecule has 0 aliphatic heterocycles. The van der Waals surface area contributed by atoms with Crippen molar-refractivity contribution in [3.63, 3.8) is 0 Å². The van der Waals surface area contributed by atoms with Crippen molar-refractivity contribution in [3.05, 3.63) is 70.0 Å². The first-order chi connectivity index (χ1) is 12.8. The summed E-state index contributed by atoms with van der Waals surface area (Å²) in [4.78, 5) is 22.6. The highest BCUT2D eigenvalue weighted by molar-refractivity contribution is 5.93. The molecule has 2 rings (SSSR count). The van der Waals surface area contributed by atoms with Gasteiger partial charge >= 0.3 is 5.69 Å². The Bertz CT molecular complexity index is 796. The SMILES string of the molecule is CC(C)C[C@H]([NH2+][C@@H](C)C(=O)Nc1ccc(F)c([N+](=O)[O-])c1)c1ccccc1. The Morgan fingerprint density at radius 3 is 2.44 bits per heavy atom. The first-order valence-electron chi connectivity index (χ1n) is 8.92. The summed E-state index contributed by atoms with van der Waals surface area (Å²) >= 11 is 0. The van der Waals surface area contributed by atoms with Gasteiger partial charge in [-0.15, -0.1) is 0 Å². The molecule has 0 fully saturated rings. The Hall–Kier alpha value is -2.80. The van der Waals surface area contributed by atoms with E-state index in [0.717, 1.165) is 24.1 Å². The highest BCUT2D eigenvalue weighted by Gasteiger charge is 2.25. The molecule has 0 radical (unpaired) electrons. The quantitative estimate of drug-likeness (QED) is 0.548. The number of hydrogen-bond donors (Lipinski definition) is 2. The lowest BCUT2D eigenvalue weighted by Crippen LogP contribution is -2.92. The van der Waals surface area contributed by atoms with E-state index < -0.39 is 22.5 Å². The maximum Gasteiger partial charge on any atom is 0.306 e. The topological polar surface area (TPSA) is 88.8 Å². The molecule has 0 spiro atoms. The highest BCUT2D eigenvalue weighted by Crippen LogP contribution is 2.22. The van der Waals surface area contributed by atoms with Crippen molar-refractivity contribution in [2.24, 2.45) is 5.92 Å². The molecule has 3 N–H and O–H groups in total. The second kappa shape index (κ2) is 9.23. The van der Waals surface area contributed by atoms with Crippen LogP contribution >= 0.6 is 0 Å². The van der Waals surface area contributed by atoms with Crippen LogP contribution in [0.4, 0.5) is 15.8 Å². The van der Waals surface area contributed by atoms with E-state index in [1.807, 2.05) is 35.6 Å². The molecular weight excluding hydrogens is 349 g/mol. The number of carbonyl (C=O) groups excluding carboxylic acids is 1. The van der Waals surface area contributed by atoms with Gasteiger partial charge in [0.05, 0.1) is 4.92 Å². The Balaban J connectivity index is 2.09. The Kier molecular flexibility index (Phi) is 7.01. The Labute approximate surface area is 157 Å². The zero-order chi connectivity index (χ0) is 20.0. The molecule has 1 amide bonds. The third-order valence-corrected chi connectivity index (χ3v) is 4.30. The van der Waals surface area contributed by atoms with Gasteiger partial charge in [-0.05, 0) is 25.0 Å². The van der Waals surface area contributed by atoms with E-state index >= 15 is 0 Å². The third-order valence-electron chi connectivity index (χ3n) is 4.30. The number of rotatable bonds is 8. The molecule has 0 aromatic heterocycles. The maximum atomic E-state index is 13.4. The van der Waals surface area contributed by atoms with Crippen molar-refractivity contribution in [1.29, 1.82) is 0 Å². The lowest BCUT2D eigenvalue weighted by molar-refractivity contribution is -0.714. The molecule has 6 nitrogen and oxygen atoms in total. The molecule has 0 aliphatic carbocycles. The van der Waals surface area contributed by atoms with E-state index in [-0.39, 0.29) is 17.6 Å². The number of nitrogens with one attached hydrogen (secondary N) is 1. The number of quaternary nitrogens is 1. The molecule has 2 aromatic carbocycles. The van der Waals surface area contributed by atoms with Crippen LogP contribution in [0.15, 0.2) is 48.5 Å². The number of benzene rings is 2. The number of nitro groups is 1. The summed E-state index contributed by atoms with van der Waals surface area (Å²) in [6.45, 7) is 6.04. The summed E-state index contributed by atoms with van der Waals surface area (Å²) in [6.07, 6.45) is 0.906. The summed E-state index contributed by atoms with van der Waals surface area (Å²) in [5.74, 6) is -0.763. The zero-order valence-corrected chi connectivity index (χ0v) is 15.7. The first kappa shape index (κ1) is 20.5. The number of nitrogens with zero attached hydrogens (tertiary/aromatic N) is 1. The summed E-state index contributed by atoms with van der Waals surface area (Å²) in [5.41, 5.74) is 0.683. The van der Waals surface area contributed by atoms with E-state index in [4.69, 9.17) is 0 Å². The van der Waals surface area contributed by atoms with Gasteiger partial charge in [-0.25, -0.2) is 0 Å². The molecule has 144 valence electrons. The van der Waals surface area contributed by atoms with Crippen LogP contribution in [0.5, 0.6) is 0 Å². The van der Waals surface area contributed by atoms with Gasteiger partial charge in [0.25, 0.3) is 5.91 Å². The summed E-state index contributed by atoms with van der Waals surface area (Å²) in [5, 5.41) is 15.5. The van der Waals surface area contributed by atoms with Crippen molar-refractivity contribution < 1.29 is 19.4 Å². The molecule has 0 saturated heterocycles. The van der Waals surface area contributed by atoms with Gasteiger partial charge in [0, 0.05) is 23.7 Å². The predicted molar refractivity (Wildman–Crippen MR) is 102 cm³/mol. The van der Waals surface area contributed by atoms with Crippen LogP contribution < -0.4 is 10.6 Å². The monoisotopic (exact) mass is 374 g/mol. The van der Waals surface area contributed by atoms with Gasteiger partial charge < -0.3 is 10.6 Å². The van der Waals surface area contributed by atoms with Gasteiger partial charge in [0.15, 0.2) is 6.04 Å². The van der Waals surface area contributed by atoms with Gasteiger partial charge in [-0.3, -0.25) is 14.9 Å². The highest BCUT2D eigenvalue weighted by atomic mass is 19.1. The van der Waals surface area contributed by atoms with Crippen molar-refractivity contribution in [2.75, 3.05) is 5.32 Å². The normalized spacial score (nSPS) is 13.2. The van der Waals surface area contributed by atoms with Crippen LogP contribution in [0, 0.1) is 21.8 Å². The zero-order valence-electron chi connectivity index (χ0n) is 15.7. The van der Waals surface area contributed by atoms with Crippen LogP contribution in [0.3, 0.4) is 0 Å². The van der Waals surface area contributed by atoms with Crippen LogP contribution in [0.25, 0.3) is 0 Å². The largest absolute Gasteiger partial charge is 0.330 e. The Morgan fingerprint density at radius 1 is 1.19 bits per heavy atom. The van der Waals surface area contributed by atoms with E-state index in [1.54, 1.807) is 6.92 Å². The summed E-state index contributed by atoms with van der Waals surface area (Å²) < 4.78 is 13.4. The van der Waals surface area contributed by atoms with Gasteiger partial charge in [0.2, 0.25) is 5.82 Å². The average Bonchev–Trinajstić information content (AvgIpc) is 2.62. The number of nitro benzene ring substituents is 1. The standard InChI is InChI=1S/C20H24FN3O3/c1-13(2)11-18(15-7-5-4-6-8-15)22-14(3)20(25)23-16-9-10-17(21)19(12-16)24(26)27/h4-10,12-14,18,22H,11H2,1-3H3,(H,23,25)/p+1/t14-,18-/m0/s1. The van der Waals surface area contributed by atoms with Crippen molar-refractivity contribution in [1.82, 2.24) is 0 Å². The smallest absolute Gasteiger partial charge is 0.306 e. The Morgan fingerprint density at radius 2 is 1.85 bits per heavy atom. The molecule has 0 unspecified atom stereocenters. The van der Waals surface area contributed by atoms with E-state index in [1.165, 1.54) is 6.07 Å². The molecular formula is C20H25FN3O3+. The van der Waals surface area contributed by atoms with Crippen LogP contribution in [-0.4, -0.2) is 16.9 Å². The molecule has 2 atom stereocenters. The number of amides is 1. The maximum absolute atomic E-state index is 13.4. The van der Waals surface area contributed by atoms with Crippen molar-refractivity contribution in [3.8, 4) is 0 Å². The fourth-order valence-corrected chi connectivity index (χ4v) is 2.96. The second-order valence-electron chi connectivity index (χ2n) is 7.04. The van der Waals surface area contributed by atoms with Crippen molar-refractivity contribution in [2.45, 2.75) is 39.3 Å². The van der Waals surface area contributed by atoms with Crippen LogP contribution in [0.2, 0.25) is 0 Å². The molecule has 7 heteroatoms. The van der Waals surface area contributed by atoms with Gasteiger partial charge in [-0.1, -0.05) is 44.2 Å². The average molecular weight is 374 g/mol. The lowest BCUT2D eigenvalue weighted by Gasteiger charge is -2.21. The summed E-state index contributed by atoms with van der Waals surface area (Å²) in [6, 6.07) is 13.0. The first-order valence-corrected chi connectivity index (χ1v) is 8.92. The fraction of sp³-hybridized carbons (Fsp3) is 0.350. The number of hydrogen-bond acceptors (Lipinski definition) is 3. The minimum Gasteiger partial charge on any atom is -0.330 e.